The van der Waals surface area contributed by atoms with Crippen molar-refractivity contribution in [2.24, 2.45) is 0 Å². The van der Waals surface area contributed by atoms with Crippen LogP contribution in [0.25, 0.3) is 0 Å². The molecule has 2 heterocycles. The zero-order valence-electron chi connectivity index (χ0n) is 18.2. The lowest BCUT2D eigenvalue weighted by Gasteiger charge is -2.26. The van der Waals surface area contributed by atoms with Gasteiger partial charge in [0.2, 0.25) is 21.8 Å². The summed E-state index contributed by atoms with van der Waals surface area (Å²) in [7, 11) is -2.42. The zero-order valence-corrected chi connectivity index (χ0v) is 19.0. The molecule has 31 heavy (non-hydrogen) atoms. The van der Waals surface area contributed by atoms with Gasteiger partial charge in [-0.3, -0.25) is 9.59 Å². The molecule has 164 valence electrons. The first kappa shape index (κ1) is 21.5. The van der Waals surface area contributed by atoms with Crippen molar-refractivity contribution in [1.82, 2.24) is 4.31 Å². The number of sulfonamides is 1. The summed E-state index contributed by atoms with van der Waals surface area (Å²) in [6.07, 6.45) is 1.36. The van der Waals surface area contributed by atoms with E-state index in [0.29, 0.717) is 6.42 Å². The summed E-state index contributed by atoms with van der Waals surface area (Å²) in [5.74, 6) is -0.314. The zero-order chi connectivity index (χ0) is 22.5. The Bertz CT molecular complexity index is 1160. The monoisotopic (exact) mass is 441 g/mol. The van der Waals surface area contributed by atoms with Crippen LogP contribution in [0.5, 0.6) is 0 Å². The lowest BCUT2D eigenvalue weighted by molar-refractivity contribution is -0.119. The number of amides is 2. The van der Waals surface area contributed by atoms with Gasteiger partial charge in [-0.05, 0) is 62.1 Å². The molecule has 0 saturated carbocycles. The molecule has 2 atom stereocenters. The molecule has 0 aliphatic carbocycles. The van der Waals surface area contributed by atoms with Crippen molar-refractivity contribution in [3.8, 4) is 0 Å². The van der Waals surface area contributed by atoms with Crippen LogP contribution in [0, 0.1) is 0 Å². The van der Waals surface area contributed by atoms with Gasteiger partial charge in [0.05, 0.1) is 11.4 Å². The molecule has 2 amide bonds. The van der Waals surface area contributed by atoms with Crippen LogP contribution in [0.2, 0.25) is 0 Å². The second-order valence-electron chi connectivity index (χ2n) is 8.44. The second-order valence-corrected chi connectivity index (χ2v) is 10.5. The SMILES string of the molecule is CC(=O)N1c2ccc(S(=O)(=O)N(C)CC(=O)N3c4ccccc4C[C@@H]3C)cc2C[C@H]1C. The number of nitrogens with zero attached hydrogens (tertiary/aromatic N) is 3. The summed E-state index contributed by atoms with van der Waals surface area (Å²) in [6.45, 7) is 5.17. The highest BCUT2D eigenvalue weighted by molar-refractivity contribution is 7.89. The van der Waals surface area contributed by atoms with Gasteiger partial charge in [-0.2, -0.15) is 4.31 Å². The first-order valence-electron chi connectivity index (χ1n) is 10.4. The molecule has 4 rings (SSSR count). The number of benzene rings is 2. The molecule has 2 aromatic rings. The normalized spacial score (nSPS) is 20.2. The first-order chi connectivity index (χ1) is 14.6. The molecular weight excluding hydrogens is 414 g/mol. The molecule has 0 bridgehead atoms. The Balaban J connectivity index is 1.56. The van der Waals surface area contributed by atoms with E-state index in [1.807, 2.05) is 38.1 Å². The number of rotatable bonds is 4. The number of carbonyl (C=O) groups excluding carboxylic acids is 2. The van der Waals surface area contributed by atoms with E-state index in [4.69, 9.17) is 0 Å². The van der Waals surface area contributed by atoms with Crippen molar-refractivity contribution in [3.05, 3.63) is 53.6 Å². The standard InChI is InChI=1S/C23H27N3O4S/c1-15-12-19-13-20(9-10-22(19)25(15)17(3)27)31(29,30)24(4)14-23(28)26-16(2)11-18-7-5-6-8-21(18)26/h5-10,13,15-16H,11-12,14H2,1-4H3/t15-,16+/m1/s1. The molecule has 8 heteroatoms. The third kappa shape index (κ3) is 3.64. The Kier molecular flexibility index (Phi) is 5.39. The highest BCUT2D eigenvalue weighted by Gasteiger charge is 2.34. The van der Waals surface area contributed by atoms with E-state index in [2.05, 4.69) is 0 Å². The number of anilines is 2. The van der Waals surface area contributed by atoms with E-state index in [1.54, 1.807) is 21.9 Å². The average Bonchev–Trinajstić information content (AvgIpc) is 3.21. The van der Waals surface area contributed by atoms with Gasteiger partial charge in [-0.25, -0.2) is 8.42 Å². The molecule has 7 nitrogen and oxygen atoms in total. The third-order valence-corrected chi connectivity index (χ3v) is 7.95. The summed E-state index contributed by atoms with van der Waals surface area (Å²) >= 11 is 0. The van der Waals surface area contributed by atoms with Crippen molar-refractivity contribution in [3.63, 3.8) is 0 Å². The lowest BCUT2D eigenvalue weighted by atomic mass is 10.1. The van der Waals surface area contributed by atoms with Crippen LogP contribution in [0.1, 0.15) is 31.9 Å². The molecule has 2 aromatic carbocycles. The topological polar surface area (TPSA) is 78.0 Å². The highest BCUT2D eigenvalue weighted by Crippen LogP contribution is 2.35. The summed E-state index contributed by atoms with van der Waals surface area (Å²) in [5.41, 5.74) is 3.52. The van der Waals surface area contributed by atoms with Gasteiger partial charge >= 0.3 is 0 Å². The van der Waals surface area contributed by atoms with Crippen molar-refractivity contribution >= 4 is 33.2 Å². The quantitative estimate of drug-likeness (QED) is 0.731. The fourth-order valence-corrected chi connectivity index (χ4v) is 5.90. The van der Waals surface area contributed by atoms with Crippen LogP contribution in [-0.2, 0) is 32.5 Å². The molecule has 0 radical (unpaired) electrons. The molecule has 0 N–H and O–H groups in total. The molecule has 0 fully saturated rings. The Morgan fingerprint density at radius 1 is 0.968 bits per heavy atom. The van der Waals surface area contributed by atoms with Gasteiger partial charge in [-0.15, -0.1) is 0 Å². The second kappa shape index (κ2) is 7.76. The van der Waals surface area contributed by atoms with E-state index in [9.17, 15) is 18.0 Å². The Labute approximate surface area is 183 Å². The van der Waals surface area contributed by atoms with Crippen LogP contribution >= 0.6 is 0 Å². The number of para-hydroxylation sites is 1. The van der Waals surface area contributed by atoms with Gasteiger partial charge in [0.25, 0.3) is 0 Å². The predicted molar refractivity (Wildman–Crippen MR) is 120 cm³/mol. The summed E-state index contributed by atoms with van der Waals surface area (Å²) in [5, 5.41) is 0. The van der Waals surface area contributed by atoms with E-state index in [-0.39, 0.29) is 35.3 Å². The maximum absolute atomic E-state index is 13.2. The smallest absolute Gasteiger partial charge is 0.243 e. The van der Waals surface area contributed by atoms with Crippen molar-refractivity contribution < 1.29 is 18.0 Å². The number of likely N-dealkylation sites (N-methyl/N-ethyl adjacent to an activating group) is 1. The number of hydrogen-bond acceptors (Lipinski definition) is 4. The van der Waals surface area contributed by atoms with E-state index < -0.39 is 10.0 Å². The number of hydrogen-bond donors (Lipinski definition) is 0. The molecule has 0 spiro atoms. The van der Waals surface area contributed by atoms with Crippen LogP contribution in [0.4, 0.5) is 11.4 Å². The van der Waals surface area contributed by atoms with E-state index in [1.165, 1.54) is 20.0 Å². The van der Waals surface area contributed by atoms with Crippen LogP contribution in [0.3, 0.4) is 0 Å². The van der Waals surface area contributed by atoms with Gasteiger partial charge < -0.3 is 9.80 Å². The van der Waals surface area contributed by atoms with Crippen LogP contribution in [-0.4, -0.2) is 50.2 Å². The number of carbonyl (C=O) groups is 2. The maximum atomic E-state index is 13.2. The molecule has 2 aliphatic rings. The first-order valence-corrected chi connectivity index (χ1v) is 11.8. The molecule has 0 unspecified atom stereocenters. The third-order valence-electron chi connectivity index (χ3n) is 6.15. The van der Waals surface area contributed by atoms with E-state index in [0.717, 1.165) is 33.2 Å². The van der Waals surface area contributed by atoms with Gasteiger partial charge in [0, 0.05) is 37.4 Å². The van der Waals surface area contributed by atoms with Crippen LogP contribution in [0.15, 0.2) is 47.4 Å². The minimum atomic E-state index is -3.85. The van der Waals surface area contributed by atoms with E-state index >= 15 is 0 Å². The molecule has 0 aromatic heterocycles. The largest absolute Gasteiger partial charge is 0.309 e. The summed E-state index contributed by atoms with van der Waals surface area (Å²) in [6, 6.07) is 12.5. The van der Waals surface area contributed by atoms with Crippen molar-refractivity contribution in [1.29, 1.82) is 0 Å². The van der Waals surface area contributed by atoms with Gasteiger partial charge in [0.1, 0.15) is 0 Å². The van der Waals surface area contributed by atoms with Gasteiger partial charge in [-0.1, -0.05) is 18.2 Å². The Hall–Kier alpha value is -2.71. The van der Waals surface area contributed by atoms with Crippen molar-refractivity contribution in [2.75, 3.05) is 23.4 Å². The average molecular weight is 442 g/mol. The highest BCUT2D eigenvalue weighted by atomic mass is 32.2. The Morgan fingerprint density at radius 3 is 2.29 bits per heavy atom. The fraction of sp³-hybridized carbons (Fsp3) is 0.391. The lowest BCUT2D eigenvalue weighted by Crippen LogP contribution is -2.43. The number of fused-ring (bicyclic) bond motifs is 2. The molecule has 0 saturated heterocycles. The Morgan fingerprint density at radius 2 is 1.58 bits per heavy atom. The minimum absolute atomic E-state index is 0.0125. The fourth-order valence-electron chi connectivity index (χ4n) is 4.72. The minimum Gasteiger partial charge on any atom is -0.309 e. The van der Waals surface area contributed by atoms with Gasteiger partial charge in [0.15, 0.2) is 0 Å². The summed E-state index contributed by atoms with van der Waals surface area (Å²) < 4.78 is 27.5. The van der Waals surface area contributed by atoms with Crippen molar-refractivity contribution in [2.45, 2.75) is 50.6 Å². The summed E-state index contributed by atoms with van der Waals surface area (Å²) in [4.78, 5) is 28.5. The molecule has 2 aliphatic heterocycles. The maximum Gasteiger partial charge on any atom is 0.243 e. The van der Waals surface area contributed by atoms with Crippen LogP contribution < -0.4 is 9.80 Å². The molecular formula is C23H27N3O4S. The predicted octanol–water partition coefficient (Wildman–Crippen LogP) is 2.58.